The van der Waals surface area contributed by atoms with Crippen molar-refractivity contribution < 1.29 is 14.3 Å². The van der Waals surface area contributed by atoms with Crippen molar-refractivity contribution >= 4 is 28.7 Å². The van der Waals surface area contributed by atoms with Crippen molar-refractivity contribution in [2.45, 2.75) is 51.3 Å². The Labute approximate surface area is 189 Å². The molecule has 0 radical (unpaired) electrons. The van der Waals surface area contributed by atoms with Crippen molar-refractivity contribution in [2.24, 2.45) is 0 Å². The molecule has 1 saturated carbocycles. The van der Waals surface area contributed by atoms with E-state index >= 15 is 0 Å². The van der Waals surface area contributed by atoms with Gasteiger partial charge in [-0.1, -0.05) is 17.7 Å². The van der Waals surface area contributed by atoms with Crippen molar-refractivity contribution in [1.82, 2.24) is 14.1 Å². The fourth-order valence-electron chi connectivity index (χ4n) is 4.34. The van der Waals surface area contributed by atoms with E-state index < -0.39 is 0 Å². The molecule has 1 aliphatic carbocycles. The molecule has 1 aliphatic rings. The quantitative estimate of drug-likeness (QED) is 0.543. The Morgan fingerprint density at radius 2 is 2.03 bits per heavy atom. The van der Waals surface area contributed by atoms with Gasteiger partial charge in [-0.05, 0) is 49.4 Å². The van der Waals surface area contributed by atoms with Crippen LogP contribution in [0.5, 0.6) is 5.75 Å². The zero-order chi connectivity index (χ0) is 22.8. The summed E-state index contributed by atoms with van der Waals surface area (Å²) in [7, 11) is 1.55. The fraction of sp³-hybridized carbons (Fsp3) is 0.391. The summed E-state index contributed by atoms with van der Waals surface area (Å²) in [5.41, 5.74) is 2.17. The van der Waals surface area contributed by atoms with E-state index in [0.29, 0.717) is 53.2 Å². The third kappa shape index (κ3) is 4.21. The topological polar surface area (TPSA) is 99.1 Å². The number of fused-ring (bicyclic) bond motifs is 1. The Bertz CT molecular complexity index is 1270. The van der Waals surface area contributed by atoms with Crippen LogP contribution in [0.2, 0.25) is 5.02 Å². The Morgan fingerprint density at radius 3 is 2.66 bits per heavy atom. The van der Waals surface area contributed by atoms with Crippen LogP contribution in [0.3, 0.4) is 0 Å². The summed E-state index contributed by atoms with van der Waals surface area (Å²) in [5, 5.41) is 9.80. The number of methoxy groups -OCH3 is 1. The van der Waals surface area contributed by atoms with Gasteiger partial charge in [0.1, 0.15) is 17.9 Å². The molecule has 1 aromatic carbocycles. The molecular weight excluding hydrogens is 432 g/mol. The average Bonchev–Trinajstić information content (AvgIpc) is 3.05. The van der Waals surface area contributed by atoms with Gasteiger partial charge in [0.15, 0.2) is 5.65 Å². The van der Waals surface area contributed by atoms with E-state index in [2.05, 4.69) is 11.1 Å². The first-order chi connectivity index (χ1) is 15.4. The lowest BCUT2D eigenvalue weighted by Crippen LogP contribution is -2.32. The second-order valence-corrected chi connectivity index (χ2v) is 8.33. The van der Waals surface area contributed by atoms with Crippen molar-refractivity contribution in [3.63, 3.8) is 0 Å². The van der Waals surface area contributed by atoms with Gasteiger partial charge in [0, 0.05) is 19.2 Å². The molecular formula is C23H23ClN4O4. The number of ether oxygens (including phenoxy) is 2. The summed E-state index contributed by atoms with van der Waals surface area (Å²) in [6.45, 7) is 1.69. The van der Waals surface area contributed by atoms with Crippen molar-refractivity contribution in [3.8, 4) is 11.8 Å². The van der Waals surface area contributed by atoms with Gasteiger partial charge in [-0.15, -0.1) is 0 Å². The first-order valence-electron chi connectivity index (χ1n) is 10.4. The smallest absolute Gasteiger partial charge is 0.330 e. The molecule has 9 heteroatoms. The number of imidazole rings is 1. The van der Waals surface area contributed by atoms with Crippen molar-refractivity contribution in [2.75, 3.05) is 7.11 Å². The molecule has 0 saturated heterocycles. The summed E-state index contributed by atoms with van der Waals surface area (Å²) >= 11 is 6.27. The fourth-order valence-corrected chi connectivity index (χ4v) is 4.62. The van der Waals surface area contributed by atoms with E-state index in [1.54, 1.807) is 34.4 Å². The molecule has 0 amide bonds. The number of hydrogen-bond acceptors (Lipinski definition) is 6. The molecule has 0 spiro atoms. The maximum absolute atomic E-state index is 13.5. The predicted molar refractivity (Wildman–Crippen MR) is 119 cm³/mol. The molecule has 4 rings (SSSR count). The number of hydrogen-bond donors (Lipinski definition) is 0. The van der Waals surface area contributed by atoms with Gasteiger partial charge in [0.2, 0.25) is 0 Å². The zero-order valence-electron chi connectivity index (χ0n) is 17.9. The summed E-state index contributed by atoms with van der Waals surface area (Å²) in [5.74, 6) is 0.272. The van der Waals surface area contributed by atoms with E-state index in [1.807, 2.05) is 6.07 Å². The number of benzene rings is 1. The number of aromatic nitrogens is 3. The Balaban J connectivity index is 1.73. The molecule has 1 fully saturated rings. The summed E-state index contributed by atoms with van der Waals surface area (Å²) in [6, 6.07) is 9.11. The maximum atomic E-state index is 13.5. The first kappa shape index (κ1) is 21.9. The van der Waals surface area contributed by atoms with Gasteiger partial charge in [0.05, 0.1) is 29.8 Å². The molecule has 32 heavy (non-hydrogen) atoms. The normalized spacial score (nSPS) is 18.3. The molecule has 2 aromatic heterocycles. The molecule has 2 heterocycles. The molecule has 0 N–H and O–H groups in total. The van der Waals surface area contributed by atoms with E-state index in [0.717, 1.165) is 5.56 Å². The average molecular weight is 455 g/mol. The van der Waals surface area contributed by atoms with E-state index in [1.165, 1.54) is 13.1 Å². The van der Waals surface area contributed by atoms with Crippen LogP contribution in [0.15, 0.2) is 35.3 Å². The number of halogens is 1. The highest BCUT2D eigenvalue weighted by Crippen LogP contribution is 2.32. The zero-order valence-corrected chi connectivity index (χ0v) is 18.6. The van der Waals surface area contributed by atoms with E-state index in [-0.39, 0.29) is 30.3 Å². The third-order valence-corrected chi connectivity index (χ3v) is 6.13. The lowest BCUT2D eigenvalue weighted by molar-refractivity contribution is -0.148. The largest absolute Gasteiger partial charge is 0.495 e. The van der Waals surface area contributed by atoms with Gasteiger partial charge in [-0.25, -0.2) is 9.78 Å². The number of carbonyl (C=O) groups is 1. The first-order valence-corrected chi connectivity index (χ1v) is 10.8. The summed E-state index contributed by atoms with van der Waals surface area (Å²) < 4.78 is 13.9. The lowest BCUT2D eigenvalue weighted by atomic mass is 9.93. The Kier molecular flexibility index (Phi) is 6.19. The number of pyridine rings is 1. The SMILES string of the molecule is COc1ccc(Cn2c(=O)n(C3CCC(OC(C)=O)CC3)c3ncc(C#N)cc32)cc1Cl. The van der Waals surface area contributed by atoms with Crippen LogP contribution in [0.25, 0.3) is 11.2 Å². The molecule has 0 atom stereocenters. The third-order valence-electron chi connectivity index (χ3n) is 5.83. The van der Waals surface area contributed by atoms with Crippen LogP contribution in [0.4, 0.5) is 0 Å². The minimum absolute atomic E-state index is 0.0575. The van der Waals surface area contributed by atoms with Crippen LogP contribution in [0.1, 0.15) is 49.8 Å². The minimum atomic E-state index is -0.286. The number of nitrogens with zero attached hydrogens (tertiary/aromatic N) is 4. The molecule has 8 nitrogen and oxygen atoms in total. The monoisotopic (exact) mass is 454 g/mol. The van der Waals surface area contributed by atoms with Crippen LogP contribution in [-0.2, 0) is 16.1 Å². The Hall–Kier alpha value is -3.31. The van der Waals surface area contributed by atoms with Crippen LogP contribution in [0, 0.1) is 11.3 Å². The van der Waals surface area contributed by atoms with Crippen molar-refractivity contribution in [1.29, 1.82) is 5.26 Å². The van der Waals surface area contributed by atoms with Crippen LogP contribution >= 0.6 is 11.6 Å². The molecule has 0 unspecified atom stereocenters. The predicted octanol–water partition coefficient (Wildman–Crippen LogP) is 3.83. The van der Waals surface area contributed by atoms with Crippen molar-refractivity contribution in [3.05, 3.63) is 57.1 Å². The minimum Gasteiger partial charge on any atom is -0.495 e. The molecule has 0 bridgehead atoms. The summed E-state index contributed by atoms with van der Waals surface area (Å²) in [4.78, 5) is 29.2. The molecule has 3 aromatic rings. The number of nitriles is 1. The van der Waals surface area contributed by atoms with Crippen LogP contribution < -0.4 is 10.4 Å². The van der Waals surface area contributed by atoms with Crippen LogP contribution in [-0.4, -0.2) is 33.3 Å². The standard InChI is InChI=1S/C23H23ClN4O4/c1-14(29)32-18-6-4-17(5-7-18)28-22-20(10-16(11-25)12-26-22)27(23(28)30)13-15-3-8-21(31-2)19(24)9-15/h3,8-10,12,17-18H,4-7,13H2,1-2H3. The van der Waals surface area contributed by atoms with Gasteiger partial charge in [-0.3, -0.25) is 13.9 Å². The highest BCUT2D eigenvalue weighted by atomic mass is 35.5. The summed E-state index contributed by atoms with van der Waals surface area (Å²) in [6.07, 6.45) is 4.14. The number of esters is 1. The van der Waals surface area contributed by atoms with Gasteiger partial charge in [-0.2, -0.15) is 5.26 Å². The highest BCUT2D eigenvalue weighted by molar-refractivity contribution is 6.32. The van der Waals surface area contributed by atoms with Gasteiger partial charge >= 0.3 is 11.7 Å². The molecule has 0 aliphatic heterocycles. The highest BCUT2D eigenvalue weighted by Gasteiger charge is 2.28. The Morgan fingerprint density at radius 1 is 1.28 bits per heavy atom. The van der Waals surface area contributed by atoms with E-state index in [4.69, 9.17) is 21.1 Å². The number of carbonyl (C=O) groups excluding carboxylic acids is 1. The van der Waals surface area contributed by atoms with Gasteiger partial charge < -0.3 is 9.47 Å². The maximum Gasteiger partial charge on any atom is 0.330 e. The second kappa shape index (κ2) is 9.05. The number of rotatable bonds is 5. The molecule has 166 valence electrons. The van der Waals surface area contributed by atoms with E-state index in [9.17, 15) is 14.9 Å². The lowest BCUT2D eigenvalue weighted by Gasteiger charge is -2.28. The second-order valence-electron chi connectivity index (χ2n) is 7.93. The van der Waals surface area contributed by atoms with Gasteiger partial charge in [0.25, 0.3) is 0 Å².